The average Bonchev–Trinajstić information content (AvgIpc) is 2.64. The third-order valence-electron chi connectivity index (χ3n) is 2.65. The second-order valence-corrected chi connectivity index (χ2v) is 5.28. The summed E-state index contributed by atoms with van der Waals surface area (Å²) in [5.41, 5.74) is 0. The summed E-state index contributed by atoms with van der Waals surface area (Å²) in [6.45, 7) is 9.81. The van der Waals surface area contributed by atoms with Crippen molar-refractivity contribution >= 4 is 29.1 Å². The average molecular weight is 262 g/mol. The van der Waals surface area contributed by atoms with Crippen molar-refractivity contribution in [2.75, 3.05) is 11.4 Å². The fourth-order valence-corrected chi connectivity index (χ4v) is 2.63. The topological polar surface area (TPSA) is 29.0 Å². The number of anilines is 1. The van der Waals surface area contributed by atoms with E-state index in [1.807, 2.05) is 0 Å². The summed E-state index contributed by atoms with van der Waals surface area (Å²) < 4.78 is 8.36. The van der Waals surface area contributed by atoms with Gasteiger partial charge in [-0.3, -0.25) is 0 Å². The molecule has 0 spiro atoms. The Balaban J connectivity index is 2.90. The molecule has 0 N–H and O–H groups in total. The summed E-state index contributed by atoms with van der Waals surface area (Å²) in [4.78, 5) is 2.30. The van der Waals surface area contributed by atoms with Crippen LogP contribution in [0, 0.1) is 5.92 Å². The number of halogens is 1. The number of rotatable bonds is 6. The molecule has 1 heterocycles. The van der Waals surface area contributed by atoms with E-state index in [4.69, 9.17) is 11.6 Å². The van der Waals surface area contributed by atoms with Crippen LogP contribution in [0.25, 0.3) is 0 Å². The van der Waals surface area contributed by atoms with E-state index >= 15 is 0 Å². The standard InChI is InChI=1S/C11H20ClN3S/c1-5-9(6-2)15(7-8(3)4)11-10(12)13-16-14-11/h8-9H,5-7H2,1-4H3. The molecule has 1 aromatic rings. The summed E-state index contributed by atoms with van der Waals surface area (Å²) in [6, 6.07) is 0.504. The second-order valence-electron chi connectivity index (χ2n) is 4.40. The number of nitrogens with zero attached hydrogens (tertiary/aromatic N) is 3. The monoisotopic (exact) mass is 261 g/mol. The van der Waals surface area contributed by atoms with Crippen LogP contribution in [-0.2, 0) is 0 Å². The van der Waals surface area contributed by atoms with E-state index in [1.165, 1.54) is 11.7 Å². The Labute approximate surface area is 107 Å². The molecule has 0 atom stereocenters. The molecule has 0 aliphatic carbocycles. The zero-order chi connectivity index (χ0) is 12.1. The van der Waals surface area contributed by atoms with Crippen LogP contribution in [0.2, 0.25) is 5.15 Å². The summed E-state index contributed by atoms with van der Waals surface area (Å²) >= 11 is 7.26. The predicted molar refractivity (Wildman–Crippen MR) is 71.5 cm³/mol. The highest BCUT2D eigenvalue weighted by molar-refractivity contribution is 6.99. The van der Waals surface area contributed by atoms with Gasteiger partial charge in [-0.05, 0) is 18.8 Å². The molecule has 92 valence electrons. The molecule has 0 aromatic carbocycles. The van der Waals surface area contributed by atoms with Crippen LogP contribution in [0.15, 0.2) is 0 Å². The molecule has 0 bridgehead atoms. The minimum absolute atomic E-state index is 0.504. The van der Waals surface area contributed by atoms with Crippen LogP contribution >= 0.6 is 23.3 Å². The third-order valence-corrected chi connectivity index (χ3v) is 3.52. The van der Waals surface area contributed by atoms with Crippen molar-refractivity contribution in [3.8, 4) is 0 Å². The maximum Gasteiger partial charge on any atom is 0.187 e. The first kappa shape index (κ1) is 13.7. The van der Waals surface area contributed by atoms with Crippen LogP contribution in [0.5, 0.6) is 0 Å². The van der Waals surface area contributed by atoms with E-state index in [2.05, 4.69) is 41.3 Å². The molecule has 0 unspecified atom stereocenters. The summed E-state index contributed by atoms with van der Waals surface area (Å²) in [5.74, 6) is 1.45. The molecule has 3 nitrogen and oxygen atoms in total. The Morgan fingerprint density at radius 2 is 1.88 bits per heavy atom. The zero-order valence-corrected chi connectivity index (χ0v) is 12.0. The van der Waals surface area contributed by atoms with Crippen molar-refractivity contribution in [2.24, 2.45) is 5.92 Å². The molecule has 0 aliphatic rings. The largest absolute Gasteiger partial charge is 0.350 e. The van der Waals surface area contributed by atoms with E-state index in [0.717, 1.165) is 25.2 Å². The zero-order valence-electron chi connectivity index (χ0n) is 10.4. The van der Waals surface area contributed by atoms with Crippen molar-refractivity contribution in [3.63, 3.8) is 0 Å². The Bertz CT molecular complexity index is 310. The normalized spacial score (nSPS) is 11.4. The number of hydrogen-bond acceptors (Lipinski definition) is 4. The lowest BCUT2D eigenvalue weighted by molar-refractivity contribution is 0.504. The molecule has 0 fully saturated rings. The Hall–Kier alpha value is -0.350. The lowest BCUT2D eigenvalue weighted by atomic mass is 10.1. The van der Waals surface area contributed by atoms with Gasteiger partial charge in [-0.25, -0.2) is 0 Å². The minimum Gasteiger partial charge on any atom is -0.350 e. The smallest absolute Gasteiger partial charge is 0.187 e. The van der Waals surface area contributed by atoms with Gasteiger partial charge in [0.2, 0.25) is 0 Å². The lowest BCUT2D eigenvalue weighted by Crippen LogP contribution is -2.37. The second kappa shape index (κ2) is 6.40. The van der Waals surface area contributed by atoms with Crippen molar-refractivity contribution in [2.45, 2.75) is 46.6 Å². The van der Waals surface area contributed by atoms with Gasteiger partial charge in [0, 0.05) is 12.6 Å². The van der Waals surface area contributed by atoms with E-state index in [9.17, 15) is 0 Å². The third kappa shape index (κ3) is 3.32. The van der Waals surface area contributed by atoms with E-state index in [-0.39, 0.29) is 0 Å². The molecule has 5 heteroatoms. The van der Waals surface area contributed by atoms with Gasteiger partial charge in [0.25, 0.3) is 0 Å². The molecule has 16 heavy (non-hydrogen) atoms. The first-order chi connectivity index (χ1) is 7.60. The summed E-state index contributed by atoms with van der Waals surface area (Å²) in [6.07, 6.45) is 2.22. The highest BCUT2D eigenvalue weighted by Gasteiger charge is 2.21. The van der Waals surface area contributed by atoms with Crippen LogP contribution in [0.1, 0.15) is 40.5 Å². The molecule has 1 aromatic heterocycles. The van der Waals surface area contributed by atoms with Gasteiger partial charge in [-0.2, -0.15) is 8.75 Å². The molecule has 0 saturated carbocycles. The van der Waals surface area contributed by atoms with Gasteiger partial charge in [0.05, 0.1) is 11.7 Å². The molecular formula is C11H20ClN3S. The van der Waals surface area contributed by atoms with E-state index < -0.39 is 0 Å². The summed E-state index contributed by atoms with van der Waals surface area (Å²) in [5, 5.41) is 0.539. The van der Waals surface area contributed by atoms with Gasteiger partial charge < -0.3 is 4.90 Å². The Morgan fingerprint density at radius 3 is 2.25 bits per heavy atom. The molecule has 1 rings (SSSR count). The van der Waals surface area contributed by atoms with Crippen molar-refractivity contribution < 1.29 is 0 Å². The van der Waals surface area contributed by atoms with Crippen molar-refractivity contribution in [1.82, 2.24) is 8.75 Å². The van der Waals surface area contributed by atoms with Crippen LogP contribution in [0.3, 0.4) is 0 Å². The minimum atomic E-state index is 0.504. The van der Waals surface area contributed by atoms with Gasteiger partial charge in [0.15, 0.2) is 11.0 Å². The fourth-order valence-electron chi connectivity index (χ4n) is 1.88. The maximum atomic E-state index is 6.07. The lowest BCUT2D eigenvalue weighted by Gasteiger charge is -2.32. The number of aromatic nitrogens is 2. The fraction of sp³-hybridized carbons (Fsp3) is 0.818. The summed E-state index contributed by atoms with van der Waals surface area (Å²) in [7, 11) is 0. The highest BCUT2D eigenvalue weighted by Crippen LogP contribution is 2.27. The van der Waals surface area contributed by atoms with Gasteiger partial charge in [0.1, 0.15) is 0 Å². The van der Waals surface area contributed by atoms with Crippen molar-refractivity contribution in [3.05, 3.63) is 5.15 Å². The van der Waals surface area contributed by atoms with E-state index in [0.29, 0.717) is 17.1 Å². The SMILES string of the molecule is CCC(CC)N(CC(C)C)c1nsnc1Cl. The van der Waals surface area contributed by atoms with Crippen LogP contribution in [0.4, 0.5) is 5.82 Å². The molecule has 0 aliphatic heterocycles. The quantitative estimate of drug-likeness (QED) is 0.779. The van der Waals surface area contributed by atoms with Gasteiger partial charge >= 0.3 is 0 Å². The van der Waals surface area contributed by atoms with Crippen LogP contribution < -0.4 is 4.90 Å². The van der Waals surface area contributed by atoms with E-state index in [1.54, 1.807) is 0 Å². The predicted octanol–water partition coefficient (Wildman–Crippen LogP) is 3.84. The van der Waals surface area contributed by atoms with Gasteiger partial charge in [-0.15, -0.1) is 0 Å². The van der Waals surface area contributed by atoms with Crippen LogP contribution in [-0.4, -0.2) is 21.3 Å². The Kier molecular flexibility index (Phi) is 5.49. The van der Waals surface area contributed by atoms with Gasteiger partial charge in [-0.1, -0.05) is 39.3 Å². The van der Waals surface area contributed by atoms with Crippen molar-refractivity contribution in [1.29, 1.82) is 0 Å². The molecule has 0 radical (unpaired) electrons. The highest BCUT2D eigenvalue weighted by atomic mass is 35.5. The Morgan fingerprint density at radius 1 is 1.25 bits per heavy atom. The molecule has 0 saturated heterocycles. The molecule has 0 amide bonds. The first-order valence-corrected chi connectivity index (χ1v) is 6.95. The maximum absolute atomic E-state index is 6.07. The first-order valence-electron chi connectivity index (χ1n) is 5.84. The number of hydrogen-bond donors (Lipinski definition) is 0. The molecular weight excluding hydrogens is 242 g/mol.